The summed E-state index contributed by atoms with van der Waals surface area (Å²) in [6, 6.07) is 0. The van der Waals surface area contributed by atoms with Crippen LogP contribution in [0.2, 0.25) is 0 Å². The van der Waals surface area contributed by atoms with Crippen molar-refractivity contribution in [2.24, 2.45) is 0 Å². The molecule has 1 atom stereocenters. The first-order valence-electron chi connectivity index (χ1n) is 3.97. The second-order valence-corrected chi connectivity index (χ2v) is 4.59. The van der Waals surface area contributed by atoms with Crippen LogP contribution in [0, 0.1) is 0 Å². The number of alkyl halides is 1. The Labute approximate surface area is 84.7 Å². The lowest BCUT2D eigenvalue weighted by Crippen LogP contribution is -2.07. The summed E-state index contributed by atoms with van der Waals surface area (Å²) in [7, 11) is 0. The minimum absolute atomic E-state index is 0.609. The zero-order chi connectivity index (χ0) is 8.81. The molecule has 68 valence electrons. The third-order valence-electron chi connectivity index (χ3n) is 1.54. The molecule has 0 aromatic carbocycles. The predicted octanol–water partition coefficient (Wildman–Crippen LogP) is 2.51. The van der Waals surface area contributed by atoms with Crippen LogP contribution in [0.15, 0.2) is 5.51 Å². The minimum atomic E-state index is 0.609. The number of nitrogens with one attached hydrogen (secondary N) is 1. The summed E-state index contributed by atoms with van der Waals surface area (Å²) in [4.78, 5) is 0.609. The molecule has 1 N–H and O–H groups in total. The van der Waals surface area contributed by atoms with E-state index in [9.17, 15) is 0 Å². The SMILES string of the molecule is CCC(Br)CCNc1nncs1. The molecule has 0 amide bonds. The smallest absolute Gasteiger partial charge is 0.205 e. The van der Waals surface area contributed by atoms with Crippen LogP contribution in [0.3, 0.4) is 0 Å². The van der Waals surface area contributed by atoms with Crippen LogP contribution in [0.4, 0.5) is 5.13 Å². The van der Waals surface area contributed by atoms with Crippen molar-refractivity contribution in [2.75, 3.05) is 11.9 Å². The molecule has 0 spiro atoms. The third-order valence-corrected chi connectivity index (χ3v) is 3.29. The molecule has 1 aromatic heterocycles. The zero-order valence-corrected chi connectivity index (χ0v) is 9.36. The number of halogens is 1. The number of hydrogen-bond donors (Lipinski definition) is 1. The second-order valence-electron chi connectivity index (χ2n) is 2.46. The van der Waals surface area contributed by atoms with Gasteiger partial charge < -0.3 is 5.32 Å². The number of anilines is 1. The number of aromatic nitrogens is 2. The van der Waals surface area contributed by atoms with Crippen molar-refractivity contribution in [3.05, 3.63) is 5.51 Å². The Morgan fingerprint density at radius 1 is 1.75 bits per heavy atom. The second kappa shape index (κ2) is 5.48. The van der Waals surface area contributed by atoms with Gasteiger partial charge in [-0.05, 0) is 12.8 Å². The van der Waals surface area contributed by atoms with E-state index >= 15 is 0 Å². The van der Waals surface area contributed by atoms with Gasteiger partial charge in [0.1, 0.15) is 5.51 Å². The van der Waals surface area contributed by atoms with E-state index in [0.29, 0.717) is 4.83 Å². The maximum absolute atomic E-state index is 3.88. The van der Waals surface area contributed by atoms with Gasteiger partial charge in [-0.1, -0.05) is 34.2 Å². The highest BCUT2D eigenvalue weighted by Gasteiger charge is 2.00. The average Bonchev–Trinajstić information content (AvgIpc) is 2.57. The number of nitrogens with zero attached hydrogens (tertiary/aromatic N) is 2. The standard InChI is InChI=1S/C7H12BrN3S/c1-2-6(8)3-4-9-7-11-10-5-12-7/h5-6H,2-4H2,1H3,(H,9,11). The molecule has 0 aliphatic heterocycles. The molecule has 1 heterocycles. The molecule has 0 bridgehead atoms. The van der Waals surface area contributed by atoms with Crippen LogP contribution in [0.25, 0.3) is 0 Å². The maximum Gasteiger partial charge on any atom is 0.205 e. The Bertz CT molecular complexity index is 202. The van der Waals surface area contributed by atoms with E-state index in [1.807, 2.05) is 0 Å². The summed E-state index contributed by atoms with van der Waals surface area (Å²) >= 11 is 5.10. The Morgan fingerprint density at radius 3 is 3.17 bits per heavy atom. The molecule has 1 unspecified atom stereocenters. The molecule has 1 aromatic rings. The molecule has 1 rings (SSSR count). The van der Waals surface area contributed by atoms with Crippen molar-refractivity contribution in [3.63, 3.8) is 0 Å². The topological polar surface area (TPSA) is 37.8 Å². The molecule has 0 saturated carbocycles. The van der Waals surface area contributed by atoms with Gasteiger partial charge in [0.25, 0.3) is 0 Å². The Hall–Kier alpha value is -0.160. The maximum atomic E-state index is 3.88. The zero-order valence-electron chi connectivity index (χ0n) is 6.96. The van der Waals surface area contributed by atoms with E-state index in [4.69, 9.17) is 0 Å². The lowest BCUT2D eigenvalue weighted by molar-refractivity contribution is 0.773. The van der Waals surface area contributed by atoms with Crippen molar-refractivity contribution in [2.45, 2.75) is 24.6 Å². The molecule has 0 radical (unpaired) electrons. The molecule has 0 saturated heterocycles. The molecule has 0 fully saturated rings. The van der Waals surface area contributed by atoms with Gasteiger partial charge in [0, 0.05) is 11.4 Å². The third kappa shape index (κ3) is 3.49. The van der Waals surface area contributed by atoms with Crippen LogP contribution in [0.5, 0.6) is 0 Å². The Balaban J connectivity index is 2.11. The minimum Gasteiger partial charge on any atom is -0.360 e. The van der Waals surface area contributed by atoms with Crippen LogP contribution < -0.4 is 5.32 Å². The van der Waals surface area contributed by atoms with Gasteiger partial charge in [0.15, 0.2) is 0 Å². The van der Waals surface area contributed by atoms with E-state index in [-0.39, 0.29) is 0 Å². The summed E-state index contributed by atoms with van der Waals surface area (Å²) in [6.45, 7) is 3.13. The van der Waals surface area contributed by atoms with Crippen LogP contribution in [0.1, 0.15) is 19.8 Å². The van der Waals surface area contributed by atoms with Crippen molar-refractivity contribution < 1.29 is 0 Å². The van der Waals surface area contributed by atoms with Gasteiger partial charge in [-0.2, -0.15) is 0 Å². The average molecular weight is 250 g/mol. The van der Waals surface area contributed by atoms with E-state index < -0.39 is 0 Å². The number of rotatable bonds is 5. The fraction of sp³-hybridized carbons (Fsp3) is 0.714. The van der Waals surface area contributed by atoms with Crippen molar-refractivity contribution in [1.82, 2.24) is 10.2 Å². The molecule has 0 aliphatic carbocycles. The first-order valence-corrected chi connectivity index (χ1v) is 5.76. The molecule has 12 heavy (non-hydrogen) atoms. The molecule has 5 heteroatoms. The fourth-order valence-corrected chi connectivity index (χ4v) is 1.49. The fourth-order valence-electron chi connectivity index (χ4n) is 0.790. The predicted molar refractivity (Wildman–Crippen MR) is 56.0 cm³/mol. The highest BCUT2D eigenvalue weighted by atomic mass is 79.9. The summed E-state index contributed by atoms with van der Waals surface area (Å²) < 4.78 is 0. The van der Waals surface area contributed by atoms with E-state index in [0.717, 1.165) is 24.5 Å². The van der Waals surface area contributed by atoms with Gasteiger partial charge in [-0.15, -0.1) is 10.2 Å². The lowest BCUT2D eigenvalue weighted by atomic mass is 10.2. The largest absolute Gasteiger partial charge is 0.360 e. The highest BCUT2D eigenvalue weighted by molar-refractivity contribution is 9.09. The van der Waals surface area contributed by atoms with Gasteiger partial charge in [-0.3, -0.25) is 0 Å². The molecular weight excluding hydrogens is 238 g/mol. The summed E-state index contributed by atoms with van der Waals surface area (Å²) in [6.07, 6.45) is 2.29. The lowest BCUT2D eigenvalue weighted by Gasteiger charge is -2.05. The summed E-state index contributed by atoms with van der Waals surface area (Å²) in [5.74, 6) is 0. The molecule has 3 nitrogen and oxygen atoms in total. The normalized spacial score (nSPS) is 12.8. The van der Waals surface area contributed by atoms with Gasteiger partial charge in [0.05, 0.1) is 0 Å². The van der Waals surface area contributed by atoms with E-state index in [1.165, 1.54) is 11.3 Å². The van der Waals surface area contributed by atoms with E-state index in [1.54, 1.807) is 5.51 Å². The summed E-state index contributed by atoms with van der Waals surface area (Å²) in [5.41, 5.74) is 1.73. The van der Waals surface area contributed by atoms with Crippen molar-refractivity contribution in [1.29, 1.82) is 0 Å². The first-order chi connectivity index (χ1) is 5.83. The quantitative estimate of drug-likeness (QED) is 0.816. The van der Waals surface area contributed by atoms with Crippen LogP contribution in [-0.4, -0.2) is 21.6 Å². The highest BCUT2D eigenvalue weighted by Crippen LogP contribution is 2.11. The van der Waals surface area contributed by atoms with Gasteiger partial charge >= 0.3 is 0 Å². The van der Waals surface area contributed by atoms with E-state index in [2.05, 4.69) is 38.4 Å². The molecular formula is C7H12BrN3S. The van der Waals surface area contributed by atoms with Crippen molar-refractivity contribution in [3.8, 4) is 0 Å². The monoisotopic (exact) mass is 249 g/mol. The molecule has 0 aliphatic rings. The first kappa shape index (κ1) is 9.92. The summed E-state index contributed by atoms with van der Waals surface area (Å²) in [5, 5.41) is 11.7. The van der Waals surface area contributed by atoms with Crippen LogP contribution in [-0.2, 0) is 0 Å². The Kier molecular flexibility index (Phi) is 4.53. The number of hydrogen-bond acceptors (Lipinski definition) is 4. The van der Waals surface area contributed by atoms with Gasteiger partial charge in [-0.25, -0.2) is 0 Å². The van der Waals surface area contributed by atoms with Crippen LogP contribution >= 0.6 is 27.3 Å². The Morgan fingerprint density at radius 2 is 2.58 bits per heavy atom. The van der Waals surface area contributed by atoms with Gasteiger partial charge in [0.2, 0.25) is 5.13 Å². The van der Waals surface area contributed by atoms with Crippen molar-refractivity contribution >= 4 is 32.4 Å².